The average Bonchev–Trinajstić information content (AvgIpc) is 3.33. The lowest BCUT2D eigenvalue weighted by molar-refractivity contribution is 0.0320. The minimum atomic E-state index is 0.442. The van der Waals surface area contributed by atoms with Gasteiger partial charge < -0.3 is 14.2 Å². The molecule has 0 atom stereocenters. The maximum Gasteiger partial charge on any atom is 0.214 e. The fourth-order valence-corrected chi connectivity index (χ4v) is 4.28. The van der Waals surface area contributed by atoms with E-state index in [9.17, 15) is 4.79 Å². The Balaban J connectivity index is 1.39. The van der Waals surface area contributed by atoms with Crippen molar-refractivity contribution in [3.05, 3.63) is 41.4 Å². The van der Waals surface area contributed by atoms with Crippen molar-refractivity contribution in [3.63, 3.8) is 0 Å². The molecule has 0 unspecified atom stereocenters. The van der Waals surface area contributed by atoms with Crippen LogP contribution in [-0.2, 0) is 11.3 Å². The van der Waals surface area contributed by atoms with E-state index in [0.717, 1.165) is 64.9 Å². The Labute approximate surface area is 189 Å². The van der Waals surface area contributed by atoms with Gasteiger partial charge in [-0.15, -0.1) is 0 Å². The van der Waals surface area contributed by atoms with E-state index < -0.39 is 0 Å². The molecule has 3 heterocycles. The fraction of sp³-hybridized carbons (Fsp3) is 0.542. The Morgan fingerprint density at radius 2 is 2.03 bits per heavy atom. The van der Waals surface area contributed by atoms with E-state index in [1.165, 1.54) is 23.3 Å². The molecule has 0 aromatic carbocycles. The number of ether oxygens (including phenoxy) is 3. The molecule has 8 nitrogen and oxygen atoms in total. The number of nitrogens with zero attached hydrogens (tertiary/aromatic N) is 4. The van der Waals surface area contributed by atoms with Crippen molar-refractivity contribution in [1.82, 2.24) is 19.7 Å². The average molecular weight is 441 g/mol. The predicted molar refractivity (Wildman–Crippen MR) is 121 cm³/mol. The molecule has 4 rings (SSSR count). The van der Waals surface area contributed by atoms with Crippen molar-refractivity contribution in [3.8, 4) is 11.6 Å². The molecule has 0 N–H and O–H groups in total. The number of carbonyl (C=O) groups is 1. The summed E-state index contributed by atoms with van der Waals surface area (Å²) in [5, 5.41) is 4.42. The van der Waals surface area contributed by atoms with Gasteiger partial charge in [0.2, 0.25) is 5.88 Å². The molecular weight excluding hydrogens is 408 g/mol. The van der Waals surface area contributed by atoms with Gasteiger partial charge in [-0.2, -0.15) is 5.10 Å². The van der Waals surface area contributed by atoms with Gasteiger partial charge in [0, 0.05) is 38.4 Å². The normalized spacial score (nSPS) is 17.4. The number of morpholine rings is 1. The number of allylic oxidation sites excluding steroid dienone is 1. The number of aryl methyl sites for hydroxylation is 1. The molecule has 32 heavy (non-hydrogen) atoms. The van der Waals surface area contributed by atoms with Gasteiger partial charge in [0.1, 0.15) is 19.0 Å². The topological polar surface area (TPSA) is 78.7 Å². The van der Waals surface area contributed by atoms with Crippen LogP contribution in [0.3, 0.4) is 0 Å². The monoisotopic (exact) mass is 440 g/mol. The maximum absolute atomic E-state index is 11.7. The highest BCUT2D eigenvalue weighted by Gasteiger charge is 2.19. The van der Waals surface area contributed by atoms with Gasteiger partial charge >= 0.3 is 0 Å². The van der Waals surface area contributed by atoms with Gasteiger partial charge in [-0.05, 0) is 49.8 Å². The Morgan fingerprint density at radius 1 is 1.19 bits per heavy atom. The summed E-state index contributed by atoms with van der Waals surface area (Å²) in [4.78, 5) is 18.3. The van der Waals surface area contributed by atoms with Crippen LogP contribution in [0, 0.1) is 0 Å². The van der Waals surface area contributed by atoms with Gasteiger partial charge in [-0.25, -0.2) is 4.98 Å². The molecule has 2 aliphatic rings. The molecule has 2 aromatic heterocycles. The number of aromatic nitrogens is 3. The smallest absolute Gasteiger partial charge is 0.214 e. The number of carbonyl (C=O) groups excluding carboxylic acids is 1. The molecule has 0 radical (unpaired) electrons. The SMILES string of the molecule is CCn1nccc1C1=C(COc2cnc(OCCN3CCOCC3)cc2C=O)CCCC1. The van der Waals surface area contributed by atoms with E-state index in [2.05, 4.69) is 28.0 Å². The van der Waals surface area contributed by atoms with Crippen LogP contribution >= 0.6 is 0 Å². The van der Waals surface area contributed by atoms with Crippen molar-refractivity contribution >= 4 is 11.9 Å². The third-order valence-electron chi connectivity index (χ3n) is 6.07. The summed E-state index contributed by atoms with van der Waals surface area (Å²) in [6, 6.07) is 3.73. The first-order valence-electron chi connectivity index (χ1n) is 11.5. The molecular formula is C24H32N4O4. The number of aldehydes is 1. The van der Waals surface area contributed by atoms with Crippen LogP contribution in [0.15, 0.2) is 30.1 Å². The first-order chi connectivity index (χ1) is 15.8. The molecule has 1 aliphatic carbocycles. The number of hydrogen-bond acceptors (Lipinski definition) is 7. The van der Waals surface area contributed by atoms with E-state index in [1.54, 1.807) is 12.3 Å². The van der Waals surface area contributed by atoms with Crippen LogP contribution in [0.1, 0.15) is 48.7 Å². The molecule has 0 spiro atoms. The molecule has 0 amide bonds. The lowest BCUT2D eigenvalue weighted by atomic mass is 9.90. The van der Waals surface area contributed by atoms with Crippen LogP contribution in [0.2, 0.25) is 0 Å². The van der Waals surface area contributed by atoms with E-state index in [1.807, 2.05) is 10.9 Å². The summed E-state index contributed by atoms with van der Waals surface area (Å²) in [5.74, 6) is 0.930. The second-order valence-corrected chi connectivity index (χ2v) is 8.09. The Bertz CT molecular complexity index is 934. The van der Waals surface area contributed by atoms with E-state index in [-0.39, 0.29) is 0 Å². The van der Waals surface area contributed by atoms with Crippen LogP contribution in [0.25, 0.3) is 5.57 Å². The number of hydrogen-bond donors (Lipinski definition) is 0. The lowest BCUT2D eigenvalue weighted by Crippen LogP contribution is -2.38. The zero-order chi connectivity index (χ0) is 22.2. The van der Waals surface area contributed by atoms with Gasteiger partial charge in [0.25, 0.3) is 0 Å². The third kappa shape index (κ3) is 5.55. The molecule has 172 valence electrons. The fourth-order valence-electron chi connectivity index (χ4n) is 4.28. The van der Waals surface area contributed by atoms with Crippen molar-refractivity contribution in [2.75, 3.05) is 46.1 Å². The zero-order valence-corrected chi connectivity index (χ0v) is 18.8. The van der Waals surface area contributed by atoms with Crippen molar-refractivity contribution in [2.45, 2.75) is 39.2 Å². The highest BCUT2D eigenvalue weighted by atomic mass is 16.5. The molecule has 0 bridgehead atoms. The third-order valence-corrected chi connectivity index (χ3v) is 6.07. The number of rotatable bonds is 10. The van der Waals surface area contributed by atoms with Crippen LogP contribution in [0.4, 0.5) is 0 Å². The predicted octanol–water partition coefficient (Wildman–Crippen LogP) is 3.23. The standard InChI is InChI=1S/C24H32N4O4/c1-2-28-22(7-8-26-28)21-6-4-3-5-19(21)18-32-23-16-25-24(15-20(23)17-29)31-14-11-27-9-12-30-13-10-27/h7-8,15-17H,2-6,9-14,18H2,1H3. The second-order valence-electron chi connectivity index (χ2n) is 8.09. The Morgan fingerprint density at radius 3 is 2.84 bits per heavy atom. The number of pyridine rings is 1. The summed E-state index contributed by atoms with van der Waals surface area (Å²) in [6.45, 7) is 8.08. The lowest BCUT2D eigenvalue weighted by Gasteiger charge is -2.26. The highest BCUT2D eigenvalue weighted by molar-refractivity contribution is 5.79. The molecule has 1 aliphatic heterocycles. The van der Waals surface area contributed by atoms with Crippen molar-refractivity contribution in [1.29, 1.82) is 0 Å². The minimum Gasteiger partial charge on any atom is -0.487 e. The summed E-state index contributed by atoms with van der Waals surface area (Å²) < 4.78 is 19.2. The van der Waals surface area contributed by atoms with Gasteiger partial charge in [0.15, 0.2) is 6.29 Å². The first-order valence-corrected chi connectivity index (χ1v) is 11.5. The highest BCUT2D eigenvalue weighted by Crippen LogP contribution is 2.33. The van der Waals surface area contributed by atoms with Crippen molar-refractivity contribution < 1.29 is 19.0 Å². The molecule has 2 aromatic rings. The quantitative estimate of drug-likeness (QED) is 0.525. The minimum absolute atomic E-state index is 0.442. The van der Waals surface area contributed by atoms with Gasteiger partial charge in [-0.3, -0.25) is 14.4 Å². The van der Waals surface area contributed by atoms with Gasteiger partial charge in [0.05, 0.1) is 30.7 Å². The van der Waals surface area contributed by atoms with Crippen LogP contribution in [-0.4, -0.2) is 72.0 Å². The van der Waals surface area contributed by atoms with Gasteiger partial charge in [-0.1, -0.05) is 0 Å². The summed E-state index contributed by atoms with van der Waals surface area (Å²) in [5.41, 5.74) is 4.22. The maximum atomic E-state index is 11.7. The molecule has 1 saturated heterocycles. The first kappa shape index (κ1) is 22.5. The molecule has 8 heteroatoms. The Kier molecular flexibility index (Phi) is 7.90. The van der Waals surface area contributed by atoms with E-state index >= 15 is 0 Å². The summed E-state index contributed by atoms with van der Waals surface area (Å²) >= 11 is 0. The zero-order valence-electron chi connectivity index (χ0n) is 18.8. The van der Waals surface area contributed by atoms with E-state index in [4.69, 9.17) is 14.2 Å². The molecule has 1 fully saturated rings. The second kappa shape index (κ2) is 11.2. The van der Waals surface area contributed by atoms with E-state index in [0.29, 0.717) is 30.4 Å². The van der Waals surface area contributed by atoms with Crippen molar-refractivity contribution in [2.24, 2.45) is 0 Å². The summed E-state index contributed by atoms with van der Waals surface area (Å²) in [7, 11) is 0. The largest absolute Gasteiger partial charge is 0.487 e. The molecule has 0 saturated carbocycles. The van der Waals surface area contributed by atoms with Crippen LogP contribution in [0.5, 0.6) is 11.6 Å². The summed E-state index contributed by atoms with van der Waals surface area (Å²) in [6.07, 6.45) is 8.59. The Hall–Kier alpha value is -2.71. The van der Waals surface area contributed by atoms with Crippen LogP contribution < -0.4 is 9.47 Å².